The van der Waals surface area contributed by atoms with Crippen LogP contribution in [0.5, 0.6) is 0 Å². The first-order valence-electron chi connectivity index (χ1n) is 14.3. The molecule has 0 saturated heterocycles. The molecule has 0 unspecified atom stereocenters. The second kappa shape index (κ2) is 13.4. The van der Waals surface area contributed by atoms with E-state index in [1.165, 1.54) is 12.0 Å². The molecule has 0 atom stereocenters. The number of rotatable bonds is 10. The number of aryl methyl sites for hydroxylation is 1. The standard InChI is InChI=1S/C32H42N4O2/c1-3-18-36(19-4-2)32(38)27-20-25-14-15-26(21-29(25)35-30(33)22-27)31(37)34-28-16-12-24(13-17-28)11-10-23-8-6-5-7-9-23/h5-9,14-15,20-21,24,28H,3-4,10-13,16-19,22H2,1-2H3,(H2,33,35)(H,34,37). The van der Waals surface area contributed by atoms with E-state index in [9.17, 15) is 9.59 Å². The molecule has 38 heavy (non-hydrogen) atoms. The van der Waals surface area contributed by atoms with E-state index in [1.807, 2.05) is 23.1 Å². The highest BCUT2D eigenvalue weighted by molar-refractivity contribution is 6.06. The van der Waals surface area contributed by atoms with Gasteiger partial charge in [-0.05, 0) is 81.1 Å². The lowest BCUT2D eigenvalue weighted by Gasteiger charge is -2.29. The molecule has 0 bridgehead atoms. The van der Waals surface area contributed by atoms with Gasteiger partial charge in [0.25, 0.3) is 5.91 Å². The van der Waals surface area contributed by atoms with E-state index in [4.69, 9.17) is 5.73 Å². The van der Waals surface area contributed by atoms with Crippen molar-refractivity contribution in [1.82, 2.24) is 10.2 Å². The van der Waals surface area contributed by atoms with Crippen molar-refractivity contribution in [2.24, 2.45) is 16.6 Å². The Hall–Kier alpha value is -3.41. The number of benzene rings is 2. The van der Waals surface area contributed by atoms with Crippen molar-refractivity contribution in [1.29, 1.82) is 0 Å². The van der Waals surface area contributed by atoms with Gasteiger partial charge in [-0.3, -0.25) is 9.59 Å². The zero-order valence-corrected chi connectivity index (χ0v) is 22.9. The molecular formula is C32H42N4O2. The van der Waals surface area contributed by atoms with Gasteiger partial charge in [0, 0.05) is 42.3 Å². The van der Waals surface area contributed by atoms with Gasteiger partial charge in [-0.1, -0.05) is 50.2 Å². The summed E-state index contributed by atoms with van der Waals surface area (Å²) in [6, 6.07) is 16.4. The zero-order valence-electron chi connectivity index (χ0n) is 22.9. The third kappa shape index (κ3) is 7.33. The van der Waals surface area contributed by atoms with Crippen LogP contribution >= 0.6 is 0 Å². The van der Waals surface area contributed by atoms with Crippen LogP contribution < -0.4 is 11.1 Å². The van der Waals surface area contributed by atoms with Gasteiger partial charge in [-0.15, -0.1) is 0 Å². The van der Waals surface area contributed by atoms with Gasteiger partial charge in [0.05, 0.1) is 5.69 Å². The minimum atomic E-state index is -0.0732. The normalized spacial score (nSPS) is 19.0. The predicted molar refractivity (Wildman–Crippen MR) is 155 cm³/mol. The number of nitrogens with one attached hydrogen (secondary N) is 1. The van der Waals surface area contributed by atoms with Gasteiger partial charge < -0.3 is 16.0 Å². The monoisotopic (exact) mass is 514 g/mol. The number of aliphatic imine (C=N–C) groups is 1. The fraction of sp³-hybridized carbons (Fsp3) is 0.469. The van der Waals surface area contributed by atoms with Crippen molar-refractivity contribution in [3.63, 3.8) is 0 Å². The molecule has 0 aromatic heterocycles. The molecule has 4 rings (SSSR count). The van der Waals surface area contributed by atoms with E-state index in [0.717, 1.165) is 69.5 Å². The van der Waals surface area contributed by atoms with E-state index in [0.29, 0.717) is 29.1 Å². The van der Waals surface area contributed by atoms with Crippen LogP contribution in [0.3, 0.4) is 0 Å². The highest BCUT2D eigenvalue weighted by Crippen LogP contribution is 2.30. The minimum Gasteiger partial charge on any atom is -0.387 e. The Morgan fingerprint density at radius 1 is 1.00 bits per heavy atom. The molecular weight excluding hydrogens is 472 g/mol. The number of carbonyl (C=O) groups is 2. The number of fused-ring (bicyclic) bond motifs is 1. The molecule has 1 saturated carbocycles. The molecule has 3 N–H and O–H groups in total. The van der Waals surface area contributed by atoms with Crippen molar-refractivity contribution in [3.05, 3.63) is 70.8 Å². The van der Waals surface area contributed by atoms with Gasteiger partial charge in [-0.25, -0.2) is 4.99 Å². The maximum atomic E-state index is 13.2. The van der Waals surface area contributed by atoms with Crippen molar-refractivity contribution in [2.45, 2.75) is 77.7 Å². The number of amidine groups is 1. The number of nitrogens with zero attached hydrogens (tertiary/aromatic N) is 2. The van der Waals surface area contributed by atoms with Crippen LogP contribution in [0.15, 0.2) is 59.1 Å². The largest absolute Gasteiger partial charge is 0.387 e. The minimum absolute atomic E-state index is 0.0147. The summed E-state index contributed by atoms with van der Waals surface area (Å²) in [5.74, 6) is 1.06. The van der Waals surface area contributed by atoms with Crippen LogP contribution in [0.1, 0.15) is 86.7 Å². The summed E-state index contributed by atoms with van der Waals surface area (Å²) in [7, 11) is 0. The van der Waals surface area contributed by atoms with Crippen LogP contribution in [0.25, 0.3) is 6.08 Å². The van der Waals surface area contributed by atoms with Crippen molar-refractivity contribution in [2.75, 3.05) is 13.1 Å². The van der Waals surface area contributed by atoms with E-state index >= 15 is 0 Å². The molecule has 1 fully saturated rings. The highest BCUT2D eigenvalue weighted by atomic mass is 16.2. The lowest BCUT2D eigenvalue weighted by atomic mass is 9.82. The molecule has 1 heterocycles. The molecule has 202 valence electrons. The maximum Gasteiger partial charge on any atom is 0.251 e. The van der Waals surface area contributed by atoms with Gasteiger partial charge in [0.1, 0.15) is 5.84 Å². The van der Waals surface area contributed by atoms with Gasteiger partial charge >= 0.3 is 0 Å². The van der Waals surface area contributed by atoms with Crippen LogP contribution in [-0.2, 0) is 11.2 Å². The summed E-state index contributed by atoms with van der Waals surface area (Å²) in [5, 5.41) is 3.24. The smallest absolute Gasteiger partial charge is 0.251 e. The van der Waals surface area contributed by atoms with Crippen LogP contribution in [0.4, 0.5) is 5.69 Å². The lowest BCUT2D eigenvalue weighted by molar-refractivity contribution is -0.127. The predicted octanol–water partition coefficient (Wildman–Crippen LogP) is 6.03. The van der Waals surface area contributed by atoms with E-state index in [1.54, 1.807) is 6.07 Å². The molecule has 6 heteroatoms. The average molecular weight is 515 g/mol. The van der Waals surface area contributed by atoms with Crippen molar-refractivity contribution < 1.29 is 9.59 Å². The second-order valence-corrected chi connectivity index (χ2v) is 10.7. The molecule has 0 spiro atoms. The Morgan fingerprint density at radius 2 is 1.71 bits per heavy atom. The first-order valence-corrected chi connectivity index (χ1v) is 14.3. The molecule has 1 aliphatic heterocycles. The number of nitrogens with two attached hydrogens (primary N) is 1. The van der Waals surface area contributed by atoms with Crippen LogP contribution in [0.2, 0.25) is 0 Å². The van der Waals surface area contributed by atoms with Gasteiger partial charge in [-0.2, -0.15) is 0 Å². The van der Waals surface area contributed by atoms with Crippen LogP contribution in [0, 0.1) is 5.92 Å². The van der Waals surface area contributed by atoms with Crippen LogP contribution in [-0.4, -0.2) is 41.7 Å². The summed E-state index contributed by atoms with van der Waals surface area (Å²) >= 11 is 0. The third-order valence-electron chi connectivity index (χ3n) is 7.67. The molecule has 1 aliphatic carbocycles. The quantitative estimate of drug-likeness (QED) is 0.406. The number of carbonyl (C=O) groups excluding carboxylic acids is 2. The fourth-order valence-corrected chi connectivity index (χ4v) is 5.61. The van der Waals surface area contributed by atoms with Gasteiger partial charge in [0.15, 0.2) is 0 Å². The van der Waals surface area contributed by atoms with Crippen molar-refractivity contribution in [3.8, 4) is 0 Å². The summed E-state index contributed by atoms with van der Waals surface area (Å²) in [4.78, 5) is 32.8. The Balaban J connectivity index is 1.36. The summed E-state index contributed by atoms with van der Waals surface area (Å²) in [5.41, 5.74) is 10.3. The molecule has 2 aliphatic rings. The molecule has 0 radical (unpaired) electrons. The fourth-order valence-electron chi connectivity index (χ4n) is 5.61. The SMILES string of the molecule is CCCN(CCC)C(=O)C1=Cc2ccc(C(=O)NC3CCC(CCc4ccccc4)CC3)cc2N=C(N)C1. The molecule has 2 aromatic carbocycles. The Labute approximate surface area is 227 Å². The van der Waals surface area contributed by atoms with E-state index in [-0.39, 0.29) is 17.9 Å². The van der Waals surface area contributed by atoms with Crippen molar-refractivity contribution >= 4 is 29.4 Å². The molecule has 2 amide bonds. The van der Waals surface area contributed by atoms with Gasteiger partial charge in [0.2, 0.25) is 5.91 Å². The molecule has 6 nitrogen and oxygen atoms in total. The first kappa shape index (κ1) is 27.6. The Kier molecular flexibility index (Phi) is 9.74. The Bertz CT molecular complexity index is 1160. The van der Waals surface area contributed by atoms with E-state index < -0.39 is 0 Å². The Morgan fingerprint density at radius 3 is 2.39 bits per heavy atom. The maximum absolute atomic E-state index is 13.2. The summed E-state index contributed by atoms with van der Waals surface area (Å²) in [6.45, 7) is 5.60. The third-order valence-corrected chi connectivity index (χ3v) is 7.67. The number of amides is 2. The lowest BCUT2D eigenvalue weighted by Crippen LogP contribution is -2.37. The average Bonchev–Trinajstić information content (AvgIpc) is 3.10. The topological polar surface area (TPSA) is 87.8 Å². The summed E-state index contributed by atoms with van der Waals surface area (Å²) < 4.78 is 0. The zero-order chi connectivity index (χ0) is 26.9. The first-order chi connectivity index (χ1) is 18.5. The number of hydrogen-bond donors (Lipinski definition) is 2. The highest BCUT2D eigenvalue weighted by Gasteiger charge is 2.24. The van der Waals surface area contributed by atoms with E-state index in [2.05, 4.69) is 54.5 Å². The number of hydrogen-bond acceptors (Lipinski definition) is 4. The summed E-state index contributed by atoms with van der Waals surface area (Å²) in [6.07, 6.45) is 10.7. The molecule has 2 aromatic rings. The second-order valence-electron chi connectivity index (χ2n) is 10.7.